The van der Waals surface area contributed by atoms with E-state index in [1.165, 1.54) is 11.8 Å². The Balaban J connectivity index is 1.36. The molecule has 2 aromatic carbocycles. The minimum absolute atomic E-state index is 0.0649. The number of ether oxygens (including phenoxy) is 1. The molecule has 0 unspecified atom stereocenters. The number of hydrogen-bond acceptors (Lipinski definition) is 7. The number of methoxy groups -OCH3 is 1. The molecule has 1 saturated heterocycles. The van der Waals surface area contributed by atoms with Gasteiger partial charge in [0, 0.05) is 63.3 Å². The molecule has 4 rings (SSSR count). The molecule has 0 atom stereocenters. The largest absolute Gasteiger partial charge is 0.497 e. The third-order valence-corrected chi connectivity index (χ3v) is 6.78. The van der Waals surface area contributed by atoms with Crippen molar-refractivity contribution in [1.29, 1.82) is 0 Å². The van der Waals surface area contributed by atoms with E-state index in [1.807, 2.05) is 60.3 Å². The molecule has 2 heterocycles. The van der Waals surface area contributed by atoms with Crippen molar-refractivity contribution in [2.45, 2.75) is 10.9 Å². The molecule has 1 fully saturated rings. The van der Waals surface area contributed by atoms with Gasteiger partial charge in [-0.1, -0.05) is 35.5 Å². The molecule has 1 aliphatic rings. The maximum Gasteiger partial charge on any atom is 0.253 e. The van der Waals surface area contributed by atoms with Crippen LogP contribution in [0.5, 0.6) is 5.75 Å². The van der Waals surface area contributed by atoms with Crippen LogP contribution in [-0.2, 0) is 5.75 Å². The maximum absolute atomic E-state index is 13.2. The van der Waals surface area contributed by atoms with Gasteiger partial charge in [0.15, 0.2) is 5.16 Å². The van der Waals surface area contributed by atoms with Gasteiger partial charge in [-0.15, -0.1) is 0 Å². The third kappa shape index (κ3) is 5.93. The van der Waals surface area contributed by atoms with Crippen molar-refractivity contribution in [3.8, 4) is 5.75 Å². The van der Waals surface area contributed by atoms with Gasteiger partial charge < -0.3 is 19.4 Å². The minimum Gasteiger partial charge on any atom is -0.497 e. The Labute approximate surface area is 209 Å². The van der Waals surface area contributed by atoms with E-state index >= 15 is 0 Å². The van der Waals surface area contributed by atoms with E-state index < -0.39 is 0 Å². The highest BCUT2D eigenvalue weighted by Crippen LogP contribution is 2.25. The molecule has 0 radical (unpaired) electrons. The lowest BCUT2D eigenvalue weighted by Gasteiger charge is -2.36. The number of halogens is 1. The number of rotatable bonds is 7. The molecule has 9 heteroatoms. The molecule has 0 bridgehead atoms. The van der Waals surface area contributed by atoms with E-state index in [1.54, 1.807) is 13.2 Å². The Bertz CT molecular complexity index is 1130. The Morgan fingerprint density at radius 1 is 1.06 bits per heavy atom. The average Bonchev–Trinajstić information content (AvgIpc) is 2.87. The van der Waals surface area contributed by atoms with Crippen LogP contribution in [0.4, 0.5) is 11.5 Å². The number of aromatic nitrogens is 2. The molecule has 7 nitrogen and oxygen atoms in total. The zero-order chi connectivity index (χ0) is 24.1. The Morgan fingerprint density at radius 2 is 1.79 bits per heavy atom. The van der Waals surface area contributed by atoms with E-state index in [4.69, 9.17) is 16.3 Å². The van der Waals surface area contributed by atoms with Crippen molar-refractivity contribution in [3.63, 3.8) is 0 Å². The number of carbonyl (C=O) groups is 1. The first kappa shape index (κ1) is 24.2. The summed E-state index contributed by atoms with van der Waals surface area (Å²) in [5, 5.41) is 1.03. The van der Waals surface area contributed by atoms with Crippen LogP contribution >= 0.6 is 23.4 Å². The molecule has 1 aromatic heterocycles. The van der Waals surface area contributed by atoms with E-state index in [9.17, 15) is 4.79 Å². The fraction of sp³-hybridized carbons (Fsp3) is 0.320. The predicted octanol–water partition coefficient (Wildman–Crippen LogP) is 4.46. The standard InChI is InChI=1S/C25H28ClN5O2S/c1-29(2)23-16-22(26)27-25(28-23)34-17-18-5-4-6-19(15-18)24(32)31-13-11-30(12-14-31)20-7-9-21(33-3)10-8-20/h4-10,15-16H,11-14,17H2,1-3H3. The molecule has 1 aliphatic heterocycles. The summed E-state index contributed by atoms with van der Waals surface area (Å²) in [6.07, 6.45) is 0. The monoisotopic (exact) mass is 497 g/mol. The highest BCUT2D eigenvalue weighted by atomic mass is 35.5. The predicted molar refractivity (Wildman–Crippen MR) is 138 cm³/mol. The summed E-state index contributed by atoms with van der Waals surface area (Å²) in [7, 11) is 5.50. The third-order valence-electron chi connectivity index (χ3n) is 5.67. The van der Waals surface area contributed by atoms with Gasteiger partial charge in [-0.3, -0.25) is 4.79 Å². The molecular formula is C25H28ClN5O2S. The van der Waals surface area contributed by atoms with Crippen molar-refractivity contribution in [2.24, 2.45) is 0 Å². The van der Waals surface area contributed by atoms with Gasteiger partial charge in [0.25, 0.3) is 5.91 Å². The number of carbonyl (C=O) groups excluding carboxylic acids is 1. The SMILES string of the molecule is COc1ccc(N2CCN(C(=O)c3cccc(CSc4nc(Cl)cc(N(C)C)n4)c3)CC2)cc1. The van der Waals surface area contributed by atoms with Gasteiger partial charge in [-0.05, 0) is 42.0 Å². The van der Waals surface area contributed by atoms with Gasteiger partial charge in [0.1, 0.15) is 16.7 Å². The summed E-state index contributed by atoms with van der Waals surface area (Å²) in [4.78, 5) is 28.1. The van der Waals surface area contributed by atoms with E-state index in [2.05, 4.69) is 27.0 Å². The van der Waals surface area contributed by atoms with Gasteiger partial charge >= 0.3 is 0 Å². The number of anilines is 2. The highest BCUT2D eigenvalue weighted by molar-refractivity contribution is 7.98. The van der Waals surface area contributed by atoms with E-state index in [-0.39, 0.29) is 5.91 Å². The van der Waals surface area contributed by atoms with Crippen molar-refractivity contribution in [1.82, 2.24) is 14.9 Å². The van der Waals surface area contributed by atoms with Crippen LogP contribution in [0, 0.1) is 0 Å². The molecular weight excluding hydrogens is 470 g/mol. The second-order valence-corrected chi connectivity index (χ2v) is 9.52. The Hall–Kier alpha value is -2.97. The second-order valence-electron chi connectivity index (χ2n) is 8.19. The smallest absolute Gasteiger partial charge is 0.253 e. The summed E-state index contributed by atoms with van der Waals surface area (Å²) in [5.74, 6) is 2.32. The number of nitrogens with zero attached hydrogens (tertiary/aromatic N) is 5. The maximum atomic E-state index is 13.2. The van der Waals surface area contributed by atoms with Crippen molar-refractivity contribution < 1.29 is 9.53 Å². The molecule has 178 valence electrons. The van der Waals surface area contributed by atoms with Crippen LogP contribution in [0.3, 0.4) is 0 Å². The van der Waals surface area contributed by atoms with Gasteiger partial charge in [-0.25, -0.2) is 9.97 Å². The van der Waals surface area contributed by atoms with Crippen LogP contribution < -0.4 is 14.5 Å². The Kier molecular flexibility index (Phi) is 7.80. The fourth-order valence-electron chi connectivity index (χ4n) is 3.76. The van der Waals surface area contributed by atoms with Gasteiger partial charge in [0.05, 0.1) is 7.11 Å². The molecule has 0 aliphatic carbocycles. The first-order chi connectivity index (χ1) is 16.4. The lowest BCUT2D eigenvalue weighted by Crippen LogP contribution is -2.48. The van der Waals surface area contributed by atoms with Crippen molar-refractivity contribution >= 4 is 40.8 Å². The van der Waals surface area contributed by atoms with Gasteiger partial charge in [-0.2, -0.15) is 0 Å². The Morgan fingerprint density at radius 3 is 2.47 bits per heavy atom. The zero-order valence-corrected chi connectivity index (χ0v) is 21.1. The van der Waals surface area contributed by atoms with Crippen molar-refractivity contribution in [2.75, 3.05) is 57.2 Å². The van der Waals surface area contributed by atoms with Crippen LogP contribution in [0.2, 0.25) is 5.15 Å². The number of thioether (sulfide) groups is 1. The van der Waals surface area contributed by atoms with Crippen LogP contribution in [0.25, 0.3) is 0 Å². The molecule has 34 heavy (non-hydrogen) atoms. The van der Waals surface area contributed by atoms with Crippen LogP contribution in [0.1, 0.15) is 15.9 Å². The average molecular weight is 498 g/mol. The van der Waals surface area contributed by atoms with E-state index in [0.29, 0.717) is 34.7 Å². The summed E-state index contributed by atoms with van der Waals surface area (Å²) in [6.45, 7) is 2.98. The number of piperazine rings is 1. The lowest BCUT2D eigenvalue weighted by atomic mass is 10.1. The van der Waals surface area contributed by atoms with E-state index in [0.717, 1.165) is 35.9 Å². The minimum atomic E-state index is 0.0649. The molecule has 3 aromatic rings. The normalized spacial score (nSPS) is 13.6. The molecule has 0 N–H and O–H groups in total. The first-order valence-corrected chi connectivity index (χ1v) is 12.4. The summed E-state index contributed by atoms with van der Waals surface area (Å²) in [5.41, 5.74) is 2.90. The van der Waals surface area contributed by atoms with Gasteiger partial charge in [0.2, 0.25) is 0 Å². The fourth-order valence-corrected chi connectivity index (χ4v) is 4.79. The number of hydrogen-bond donors (Lipinski definition) is 0. The molecule has 1 amide bonds. The second kappa shape index (κ2) is 11.0. The quantitative estimate of drug-likeness (QED) is 0.271. The zero-order valence-electron chi connectivity index (χ0n) is 19.6. The molecule has 0 saturated carbocycles. The van der Waals surface area contributed by atoms with Crippen LogP contribution in [0.15, 0.2) is 59.8 Å². The summed E-state index contributed by atoms with van der Waals surface area (Å²) < 4.78 is 5.24. The van der Waals surface area contributed by atoms with Crippen LogP contribution in [-0.4, -0.2) is 68.2 Å². The summed E-state index contributed by atoms with van der Waals surface area (Å²) >= 11 is 7.64. The lowest BCUT2D eigenvalue weighted by molar-refractivity contribution is 0.0746. The molecule has 0 spiro atoms. The topological polar surface area (TPSA) is 61.8 Å². The van der Waals surface area contributed by atoms with Crippen molar-refractivity contribution in [3.05, 3.63) is 70.9 Å². The number of amides is 1. The summed E-state index contributed by atoms with van der Waals surface area (Å²) in [6, 6.07) is 17.6. The highest BCUT2D eigenvalue weighted by Gasteiger charge is 2.22. The number of benzene rings is 2. The first-order valence-electron chi connectivity index (χ1n) is 11.0.